The Kier molecular flexibility index (Phi) is 3.95. The molecule has 2 aromatic rings. The van der Waals surface area contributed by atoms with E-state index < -0.39 is 29.1 Å². The minimum absolute atomic E-state index is 0.0734. The van der Waals surface area contributed by atoms with E-state index in [2.05, 4.69) is 4.98 Å². The van der Waals surface area contributed by atoms with Crippen molar-refractivity contribution in [2.75, 3.05) is 0 Å². The molecule has 1 unspecified atom stereocenters. The number of H-pyrrole nitrogens is 1. The Hall–Kier alpha value is -2.41. The molecule has 0 saturated heterocycles. The number of benzene rings is 1. The van der Waals surface area contributed by atoms with Crippen LogP contribution in [0.2, 0.25) is 5.02 Å². The molecule has 0 bridgehead atoms. The maximum Gasteiger partial charge on any atom is 0.329 e. The van der Waals surface area contributed by atoms with E-state index in [0.717, 1.165) is 12.3 Å². The third-order valence-corrected chi connectivity index (χ3v) is 3.38. The predicted octanol–water partition coefficient (Wildman–Crippen LogP) is 1.64. The maximum absolute atomic E-state index is 13.5. The van der Waals surface area contributed by atoms with Crippen LogP contribution in [0.3, 0.4) is 0 Å². The Bertz CT molecular complexity index is 828. The minimum Gasteiger partial charge on any atom is -0.480 e. The molecule has 21 heavy (non-hydrogen) atoms. The summed E-state index contributed by atoms with van der Waals surface area (Å²) in [5, 5.41) is 8.66. The van der Waals surface area contributed by atoms with Gasteiger partial charge in [0.05, 0.1) is 10.6 Å². The molecule has 1 atom stereocenters. The number of nitrogens with zero attached hydrogens (tertiary/aromatic N) is 1. The number of nitrogens with one attached hydrogen (secondary N) is 1. The van der Waals surface area contributed by atoms with Gasteiger partial charge in [-0.3, -0.25) is 4.79 Å². The van der Waals surface area contributed by atoms with Gasteiger partial charge in [0, 0.05) is 11.8 Å². The van der Waals surface area contributed by atoms with Crippen LogP contribution in [0.1, 0.15) is 13.0 Å². The summed E-state index contributed by atoms with van der Waals surface area (Å²) in [7, 11) is 0. The van der Waals surface area contributed by atoms with Crippen LogP contribution in [0.4, 0.5) is 4.39 Å². The highest BCUT2D eigenvalue weighted by atomic mass is 35.5. The summed E-state index contributed by atoms with van der Waals surface area (Å²) in [6.45, 7) is 1.19. The van der Waals surface area contributed by atoms with Gasteiger partial charge in [-0.1, -0.05) is 23.7 Å². The van der Waals surface area contributed by atoms with Crippen molar-refractivity contribution >= 4 is 17.6 Å². The van der Waals surface area contributed by atoms with Crippen molar-refractivity contribution in [1.29, 1.82) is 0 Å². The van der Waals surface area contributed by atoms with Crippen LogP contribution in [0.15, 0.2) is 34.0 Å². The summed E-state index contributed by atoms with van der Waals surface area (Å²) in [6, 6.07) is 2.51. The van der Waals surface area contributed by atoms with E-state index in [1.165, 1.54) is 19.1 Å². The first-order chi connectivity index (χ1) is 9.84. The lowest BCUT2D eigenvalue weighted by Gasteiger charge is -2.11. The van der Waals surface area contributed by atoms with Crippen molar-refractivity contribution in [2.24, 2.45) is 0 Å². The maximum atomic E-state index is 13.5. The van der Waals surface area contributed by atoms with Crippen molar-refractivity contribution in [2.45, 2.75) is 13.0 Å². The van der Waals surface area contributed by atoms with Gasteiger partial charge >= 0.3 is 11.7 Å². The van der Waals surface area contributed by atoms with Crippen LogP contribution in [0, 0.1) is 5.82 Å². The van der Waals surface area contributed by atoms with Gasteiger partial charge in [0.2, 0.25) is 0 Å². The van der Waals surface area contributed by atoms with Crippen LogP contribution in [0.25, 0.3) is 11.1 Å². The predicted molar refractivity (Wildman–Crippen MR) is 74.1 cm³/mol. The molecular weight excluding hydrogens is 303 g/mol. The summed E-state index contributed by atoms with van der Waals surface area (Å²) in [5.74, 6) is -2.07. The number of rotatable bonds is 3. The molecule has 1 aromatic heterocycles. The van der Waals surface area contributed by atoms with E-state index in [-0.39, 0.29) is 16.1 Å². The Morgan fingerprint density at radius 2 is 2.05 bits per heavy atom. The molecule has 1 heterocycles. The summed E-state index contributed by atoms with van der Waals surface area (Å²) in [6.07, 6.45) is 1.08. The Morgan fingerprint density at radius 1 is 1.38 bits per heavy atom. The van der Waals surface area contributed by atoms with Gasteiger partial charge in [0.1, 0.15) is 11.9 Å². The monoisotopic (exact) mass is 312 g/mol. The average Bonchev–Trinajstić information content (AvgIpc) is 2.42. The molecule has 1 aromatic carbocycles. The minimum atomic E-state index is -1.37. The van der Waals surface area contributed by atoms with E-state index in [0.29, 0.717) is 4.57 Å². The van der Waals surface area contributed by atoms with Crippen molar-refractivity contribution in [3.63, 3.8) is 0 Å². The number of aliphatic carboxylic acids is 1. The highest BCUT2D eigenvalue weighted by molar-refractivity contribution is 6.33. The van der Waals surface area contributed by atoms with Gasteiger partial charge in [-0.15, -0.1) is 0 Å². The van der Waals surface area contributed by atoms with Crippen molar-refractivity contribution < 1.29 is 14.3 Å². The molecule has 6 nitrogen and oxygen atoms in total. The zero-order valence-corrected chi connectivity index (χ0v) is 11.5. The largest absolute Gasteiger partial charge is 0.480 e. The lowest BCUT2D eigenvalue weighted by molar-refractivity contribution is -0.140. The molecule has 0 fully saturated rings. The Labute approximate surface area is 122 Å². The number of hydrogen-bond acceptors (Lipinski definition) is 3. The lowest BCUT2D eigenvalue weighted by atomic mass is 10.1. The first kappa shape index (κ1) is 15.0. The zero-order chi connectivity index (χ0) is 15.7. The molecule has 0 radical (unpaired) electrons. The molecule has 0 aliphatic carbocycles. The van der Waals surface area contributed by atoms with Gasteiger partial charge in [0.25, 0.3) is 5.56 Å². The van der Waals surface area contributed by atoms with Gasteiger partial charge in [-0.2, -0.15) is 0 Å². The smallest absolute Gasteiger partial charge is 0.329 e. The van der Waals surface area contributed by atoms with Crippen LogP contribution in [0.5, 0.6) is 0 Å². The highest BCUT2D eigenvalue weighted by Gasteiger charge is 2.21. The third-order valence-electron chi connectivity index (χ3n) is 2.99. The van der Waals surface area contributed by atoms with Crippen LogP contribution in [-0.2, 0) is 4.79 Å². The average molecular weight is 313 g/mol. The molecule has 2 N–H and O–H groups in total. The topological polar surface area (TPSA) is 92.2 Å². The first-order valence-corrected chi connectivity index (χ1v) is 6.23. The summed E-state index contributed by atoms with van der Waals surface area (Å²) < 4.78 is 14.0. The molecule has 0 spiro atoms. The van der Waals surface area contributed by atoms with Crippen molar-refractivity contribution in [3.05, 3.63) is 56.1 Å². The zero-order valence-electron chi connectivity index (χ0n) is 10.8. The number of carboxylic acids is 1. The number of halogens is 2. The SMILES string of the molecule is CC(C(=O)O)n1c(=O)[nH]cc(-c2cccc(F)c2Cl)c1=O. The fourth-order valence-corrected chi connectivity index (χ4v) is 2.08. The highest BCUT2D eigenvalue weighted by Crippen LogP contribution is 2.27. The Morgan fingerprint density at radius 3 is 2.67 bits per heavy atom. The van der Waals surface area contributed by atoms with Crippen LogP contribution >= 0.6 is 11.6 Å². The van der Waals surface area contributed by atoms with Gasteiger partial charge < -0.3 is 10.1 Å². The summed E-state index contributed by atoms with van der Waals surface area (Å²) >= 11 is 5.80. The number of aromatic nitrogens is 2. The molecule has 0 aliphatic heterocycles. The molecule has 110 valence electrons. The fourth-order valence-electron chi connectivity index (χ4n) is 1.85. The Balaban J connectivity index is 2.76. The molecule has 8 heteroatoms. The van der Waals surface area contributed by atoms with Gasteiger partial charge in [-0.05, 0) is 13.0 Å². The van der Waals surface area contributed by atoms with E-state index in [9.17, 15) is 18.8 Å². The first-order valence-electron chi connectivity index (χ1n) is 5.86. The molecule has 0 aliphatic rings. The number of carboxylic acid groups (broad SMARTS) is 1. The van der Waals surface area contributed by atoms with Gasteiger partial charge in [-0.25, -0.2) is 18.5 Å². The summed E-state index contributed by atoms with van der Waals surface area (Å²) in [5.41, 5.74) is -1.75. The standard InChI is InChI=1S/C13H10ClFN2O4/c1-6(12(19)20)17-11(18)8(5-16-13(17)21)7-3-2-4-9(15)10(7)14/h2-6H,1H3,(H,16,21)(H,19,20). The van der Waals surface area contributed by atoms with Crippen LogP contribution in [-0.4, -0.2) is 20.6 Å². The third kappa shape index (κ3) is 2.59. The van der Waals surface area contributed by atoms with Crippen LogP contribution < -0.4 is 11.2 Å². The van der Waals surface area contributed by atoms with E-state index in [1.807, 2.05) is 0 Å². The number of hydrogen-bond donors (Lipinski definition) is 2. The molecule has 0 amide bonds. The molecule has 2 rings (SSSR count). The van der Waals surface area contributed by atoms with Gasteiger partial charge in [0.15, 0.2) is 0 Å². The quantitative estimate of drug-likeness (QED) is 0.901. The molecular formula is C13H10ClFN2O4. The number of aromatic amines is 1. The van der Waals surface area contributed by atoms with Crippen molar-refractivity contribution in [1.82, 2.24) is 9.55 Å². The number of carbonyl (C=O) groups is 1. The lowest BCUT2D eigenvalue weighted by Crippen LogP contribution is -2.40. The second kappa shape index (κ2) is 5.53. The normalized spacial score (nSPS) is 12.1. The second-order valence-electron chi connectivity index (χ2n) is 4.30. The van der Waals surface area contributed by atoms with Crippen molar-refractivity contribution in [3.8, 4) is 11.1 Å². The van der Waals surface area contributed by atoms with E-state index >= 15 is 0 Å². The summed E-state index contributed by atoms with van der Waals surface area (Å²) in [4.78, 5) is 37.2. The van der Waals surface area contributed by atoms with E-state index in [4.69, 9.17) is 16.7 Å². The molecule has 0 saturated carbocycles. The van der Waals surface area contributed by atoms with E-state index in [1.54, 1.807) is 0 Å². The fraction of sp³-hybridized carbons (Fsp3) is 0.154. The second-order valence-corrected chi connectivity index (χ2v) is 4.68.